The van der Waals surface area contributed by atoms with Crippen LogP contribution in [0.5, 0.6) is 0 Å². The normalized spacial score (nSPS) is 37.9. The Morgan fingerprint density at radius 3 is 1.80 bits per heavy atom. The first kappa shape index (κ1) is 24.8. The Kier molecular flexibility index (Phi) is 5.72. The van der Waals surface area contributed by atoms with Crippen molar-refractivity contribution >= 4 is 29.2 Å². The zero-order valence-electron chi connectivity index (χ0n) is 23.0. The van der Waals surface area contributed by atoms with Crippen LogP contribution >= 0.6 is 0 Å². The van der Waals surface area contributed by atoms with Crippen molar-refractivity contribution in [2.75, 3.05) is 0 Å². The van der Waals surface area contributed by atoms with Crippen molar-refractivity contribution in [3.63, 3.8) is 0 Å². The second-order valence-corrected chi connectivity index (χ2v) is 13.4. The summed E-state index contributed by atoms with van der Waals surface area (Å²) in [4.78, 5) is 59.8. The first-order valence-corrected chi connectivity index (χ1v) is 15.8. The van der Waals surface area contributed by atoms with E-state index < -0.39 is 11.8 Å². The zero-order valence-corrected chi connectivity index (χ0v) is 23.0. The van der Waals surface area contributed by atoms with E-state index in [-0.39, 0.29) is 65.3 Å². The van der Waals surface area contributed by atoms with Crippen LogP contribution in [-0.2, 0) is 19.2 Å². The van der Waals surface area contributed by atoms with Gasteiger partial charge in [0, 0.05) is 23.9 Å². The van der Waals surface area contributed by atoms with Crippen LogP contribution < -0.4 is 0 Å². The highest BCUT2D eigenvalue weighted by Gasteiger charge is 2.67. The van der Waals surface area contributed by atoms with Gasteiger partial charge >= 0.3 is 0 Å². The fourth-order valence-corrected chi connectivity index (χ4v) is 9.96. The highest BCUT2D eigenvalue weighted by Crippen LogP contribution is 2.63. The summed E-state index contributed by atoms with van der Waals surface area (Å²) in [6.07, 6.45) is 15.0. The average molecular weight is 539 g/mol. The van der Waals surface area contributed by atoms with E-state index >= 15 is 0 Å². The Bertz CT molecular complexity index is 1330. The maximum Gasteiger partial charge on any atom is 0.234 e. The molecule has 2 heterocycles. The van der Waals surface area contributed by atoms with Gasteiger partial charge in [-0.05, 0) is 49.2 Å². The van der Waals surface area contributed by atoms with Crippen LogP contribution in [-0.4, -0.2) is 45.5 Å². The predicted molar refractivity (Wildman–Crippen MR) is 149 cm³/mol. The van der Waals surface area contributed by atoms with Crippen molar-refractivity contribution in [2.45, 2.75) is 82.7 Å². The van der Waals surface area contributed by atoms with Gasteiger partial charge < -0.3 is 0 Å². The lowest BCUT2D eigenvalue weighted by atomic mass is 9.49. The molecule has 0 unspecified atom stereocenters. The molecule has 0 N–H and O–H groups in total. The lowest BCUT2D eigenvalue weighted by molar-refractivity contribution is -0.145. The summed E-state index contributed by atoms with van der Waals surface area (Å²) < 4.78 is 0. The van der Waals surface area contributed by atoms with Gasteiger partial charge in [0.05, 0.1) is 23.7 Å². The van der Waals surface area contributed by atoms with Crippen LogP contribution in [0.3, 0.4) is 0 Å². The van der Waals surface area contributed by atoms with Crippen molar-refractivity contribution in [1.29, 1.82) is 0 Å². The highest BCUT2D eigenvalue weighted by molar-refractivity contribution is 6.09. The molecule has 1 aromatic carbocycles. The molecule has 5 fully saturated rings. The summed E-state index contributed by atoms with van der Waals surface area (Å²) in [5.41, 5.74) is 3.38. The van der Waals surface area contributed by atoms with Gasteiger partial charge in [0.25, 0.3) is 0 Å². The Morgan fingerprint density at radius 2 is 1.15 bits per heavy atom. The molecule has 0 radical (unpaired) electrons. The lowest BCUT2D eigenvalue weighted by Crippen LogP contribution is -2.51. The van der Waals surface area contributed by atoms with Crippen LogP contribution in [0.4, 0.5) is 0 Å². The third-order valence-electron chi connectivity index (χ3n) is 11.6. The average Bonchev–Trinajstić information content (AvgIpc) is 3.43. The standard InChI is InChI=1S/C34H38N2O4/c37-31-25-18-24(19-10-4-1-5-11-19)26-22-16-17-23(27(26)30(25)34(40)35(31)20-12-6-2-7-13-20)29-28(22)32(38)36(33(29)39)21-14-8-3-9-15-21/h1,4-5,10-11,16-17,20-23,25,27-30H,2-3,6-9,12-15,18H2/t22-,23-,25-,27+,28-,29+,30+/m1/s1. The molecule has 2 aliphatic heterocycles. The van der Waals surface area contributed by atoms with Crippen molar-refractivity contribution in [2.24, 2.45) is 41.4 Å². The number of nitrogens with zero attached hydrogens (tertiary/aromatic N) is 2. The molecule has 2 saturated heterocycles. The molecule has 208 valence electrons. The van der Waals surface area contributed by atoms with Crippen molar-refractivity contribution < 1.29 is 19.2 Å². The molecule has 0 aromatic heterocycles. The van der Waals surface area contributed by atoms with E-state index in [1.807, 2.05) is 18.2 Å². The van der Waals surface area contributed by atoms with Gasteiger partial charge in [0.2, 0.25) is 23.6 Å². The number of amides is 4. The molecule has 3 saturated carbocycles. The molecular weight excluding hydrogens is 500 g/mol. The lowest BCUT2D eigenvalue weighted by Gasteiger charge is -2.51. The number of likely N-dealkylation sites (tertiary alicyclic amines) is 2. The minimum Gasteiger partial charge on any atom is -0.279 e. The molecular formula is C34H38N2O4. The van der Waals surface area contributed by atoms with Crippen molar-refractivity contribution in [3.8, 4) is 0 Å². The number of hydrogen-bond donors (Lipinski definition) is 0. The SMILES string of the molecule is O=C1[C@@H]2[C@@H]3C(=C(c4ccccc4)C[C@H]2C(=O)N1C1CCCCC1)[C@H]1C=C[C@H]3[C@@H]2C(=O)N(C3CCCCC3)C(=O)[C@@H]21. The maximum atomic E-state index is 14.3. The number of rotatable bonds is 3. The number of imide groups is 2. The van der Waals surface area contributed by atoms with Crippen LogP contribution in [0.1, 0.15) is 76.2 Å². The van der Waals surface area contributed by atoms with E-state index in [1.54, 1.807) is 9.80 Å². The van der Waals surface area contributed by atoms with Gasteiger partial charge in [-0.25, -0.2) is 0 Å². The summed E-state index contributed by atoms with van der Waals surface area (Å²) >= 11 is 0. The Balaban J connectivity index is 1.24. The minimum absolute atomic E-state index is 0.000563. The first-order chi connectivity index (χ1) is 19.6. The molecule has 6 nitrogen and oxygen atoms in total. The third-order valence-corrected chi connectivity index (χ3v) is 11.6. The summed E-state index contributed by atoms with van der Waals surface area (Å²) in [5.74, 6) is -2.26. The van der Waals surface area contributed by atoms with E-state index in [1.165, 1.54) is 12.0 Å². The van der Waals surface area contributed by atoms with Gasteiger partial charge in [-0.15, -0.1) is 0 Å². The molecule has 1 aromatic rings. The summed E-state index contributed by atoms with van der Waals surface area (Å²) in [5, 5.41) is 0. The monoisotopic (exact) mass is 538 g/mol. The number of fused-ring (bicyclic) bond motifs is 1. The maximum absolute atomic E-state index is 14.3. The zero-order chi connectivity index (χ0) is 27.1. The number of allylic oxidation sites excluding steroid dienone is 4. The molecule has 8 aliphatic rings. The van der Waals surface area contributed by atoms with E-state index in [0.29, 0.717) is 6.42 Å². The van der Waals surface area contributed by atoms with Crippen LogP contribution in [0, 0.1) is 41.4 Å². The Labute approximate surface area is 235 Å². The Morgan fingerprint density at radius 1 is 0.575 bits per heavy atom. The number of carbonyl (C=O) groups is 4. The van der Waals surface area contributed by atoms with E-state index in [0.717, 1.165) is 68.9 Å². The fourth-order valence-electron chi connectivity index (χ4n) is 9.96. The Hall–Kier alpha value is -3.02. The molecule has 2 bridgehead atoms. The molecule has 0 spiro atoms. The molecule has 6 aliphatic carbocycles. The van der Waals surface area contributed by atoms with E-state index in [2.05, 4.69) is 24.3 Å². The third kappa shape index (κ3) is 3.34. The van der Waals surface area contributed by atoms with Gasteiger partial charge in [0.15, 0.2) is 0 Å². The van der Waals surface area contributed by atoms with Crippen molar-refractivity contribution in [3.05, 3.63) is 53.6 Å². The molecule has 7 atom stereocenters. The molecule has 4 amide bonds. The summed E-state index contributed by atoms with van der Waals surface area (Å²) in [6.45, 7) is 0. The fraction of sp³-hybridized carbons (Fsp3) is 0.588. The minimum atomic E-state index is -0.429. The van der Waals surface area contributed by atoms with Crippen LogP contribution in [0.15, 0.2) is 48.1 Å². The molecule has 40 heavy (non-hydrogen) atoms. The van der Waals surface area contributed by atoms with E-state index in [4.69, 9.17) is 0 Å². The highest BCUT2D eigenvalue weighted by atomic mass is 16.2. The molecule has 6 heteroatoms. The van der Waals surface area contributed by atoms with Gasteiger partial charge in [-0.1, -0.05) is 86.6 Å². The molecule has 9 rings (SSSR count). The van der Waals surface area contributed by atoms with E-state index in [9.17, 15) is 19.2 Å². The van der Waals surface area contributed by atoms with Gasteiger partial charge in [-0.3, -0.25) is 29.0 Å². The number of hydrogen-bond acceptors (Lipinski definition) is 4. The van der Waals surface area contributed by atoms with Crippen molar-refractivity contribution in [1.82, 2.24) is 9.80 Å². The number of carbonyl (C=O) groups excluding carboxylic acids is 4. The second kappa shape index (κ2) is 9.25. The topological polar surface area (TPSA) is 74.8 Å². The summed E-state index contributed by atoms with van der Waals surface area (Å²) in [6, 6.07) is 10.2. The second-order valence-electron chi connectivity index (χ2n) is 13.4. The first-order valence-electron chi connectivity index (χ1n) is 15.8. The largest absolute Gasteiger partial charge is 0.279 e. The van der Waals surface area contributed by atoms with Crippen LogP contribution in [0.2, 0.25) is 0 Å². The van der Waals surface area contributed by atoms with Gasteiger partial charge in [0.1, 0.15) is 0 Å². The predicted octanol–water partition coefficient (Wildman–Crippen LogP) is 5.14. The van der Waals surface area contributed by atoms with Gasteiger partial charge in [-0.2, -0.15) is 0 Å². The summed E-state index contributed by atoms with van der Waals surface area (Å²) in [7, 11) is 0. The quantitative estimate of drug-likeness (QED) is 0.394. The smallest absolute Gasteiger partial charge is 0.234 e. The van der Waals surface area contributed by atoms with Crippen LogP contribution in [0.25, 0.3) is 5.57 Å². The number of benzene rings is 1.